The van der Waals surface area contributed by atoms with Gasteiger partial charge in [-0.1, -0.05) is 31.5 Å². The second-order valence-electron chi connectivity index (χ2n) is 4.86. The standard InChI is InChI=1S/C14H22N2O/c1-9(2)15-8-13(17)16-14-11(4)6-10(3)7-12(14)5/h6-7,9,15H,8H2,1-5H3,(H,16,17). The Morgan fingerprint density at radius 3 is 2.18 bits per heavy atom. The zero-order valence-corrected chi connectivity index (χ0v) is 11.3. The molecule has 0 aliphatic rings. The van der Waals surface area contributed by atoms with E-state index in [-0.39, 0.29) is 5.91 Å². The maximum absolute atomic E-state index is 11.7. The number of rotatable bonds is 4. The summed E-state index contributed by atoms with van der Waals surface area (Å²) >= 11 is 0. The summed E-state index contributed by atoms with van der Waals surface area (Å²) in [6.07, 6.45) is 0. The molecule has 0 aliphatic carbocycles. The predicted octanol–water partition coefficient (Wildman–Crippen LogP) is 2.55. The van der Waals surface area contributed by atoms with Gasteiger partial charge in [0.2, 0.25) is 5.91 Å². The third kappa shape index (κ3) is 4.19. The number of anilines is 1. The molecular formula is C14H22N2O. The van der Waals surface area contributed by atoms with Crippen molar-refractivity contribution in [1.29, 1.82) is 0 Å². The van der Waals surface area contributed by atoms with E-state index in [9.17, 15) is 4.79 Å². The number of benzene rings is 1. The van der Waals surface area contributed by atoms with Crippen LogP contribution in [0.25, 0.3) is 0 Å². The number of carbonyl (C=O) groups is 1. The van der Waals surface area contributed by atoms with Crippen molar-refractivity contribution < 1.29 is 4.79 Å². The van der Waals surface area contributed by atoms with Crippen LogP contribution in [0, 0.1) is 20.8 Å². The lowest BCUT2D eigenvalue weighted by atomic mass is 10.1. The van der Waals surface area contributed by atoms with Crippen LogP contribution in [0.4, 0.5) is 5.69 Å². The van der Waals surface area contributed by atoms with Crippen molar-refractivity contribution in [3.05, 3.63) is 28.8 Å². The van der Waals surface area contributed by atoms with E-state index in [0.717, 1.165) is 16.8 Å². The van der Waals surface area contributed by atoms with Crippen LogP contribution >= 0.6 is 0 Å². The van der Waals surface area contributed by atoms with Gasteiger partial charge in [-0.15, -0.1) is 0 Å². The Morgan fingerprint density at radius 2 is 1.71 bits per heavy atom. The molecule has 0 radical (unpaired) electrons. The maximum Gasteiger partial charge on any atom is 0.238 e. The van der Waals surface area contributed by atoms with E-state index in [1.165, 1.54) is 5.56 Å². The van der Waals surface area contributed by atoms with Crippen molar-refractivity contribution in [3.63, 3.8) is 0 Å². The van der Waals surface area contributed by atoms with E-state index < -0.39 is 0 Å². The molecule has 94 valence electrons. The average molecular weight is 234 g/mol. The smallest absolute Gasteiger partial charge is 0.238 e. The Hall–Kier alpha value is -1.35. The van der Waals surface area contributed by atoms with Gasteiger partial charge in [-0.3, -0.25) is 4.79 Å². The number of hydrogen-bond donors (Lipinski definition) is 2. The molecule has 3 heteroatoms. The summed E-state index contributed by atoms with van der Waals surface area (Å²) in [6.45, 7) is 10.5. The van der Waals surface area contributed by atoms with Crippen LogP contribution < -0.4 is 10.6 Å². The van der Waals surface area contributed by atoms with Gasteiger partial charge in [0.1, 0.15) is 0 Å². The first-order valence-corrected chi connectivity index (χ1v) is 6.01. The second kappa shape index (κ2) is 5.82. The molecule has 0 spiro atoms. The molecule has 0 saturated heterocycles. The van der Waals surface area contributed by atoms with Gasteiger partial charge in [0.25, 0.3) is 0 Å². The molecular weight excluding hydrogens is 212 g/mol. The summed E-state index contributed by atoms with van der Waals surface area (Å²) in [5.41, 5.74) is 4.38. The molecule has 1 aromatic carbocycles. The number of amides is 1. The van der Waals surface area contributed by atoms with Crippen LogP contribution in [0.5, 0.6) is 0 Å². The molecule has 0 bridgehead atoms. The third-order valence-electron chi connectivity index (χ3n) is 2.61. The van der Waals surface area contributed by atoms with Crippen molar-refractivity contribution in [2.24, 2.45) is 0 Å². The normalized spacial score (nSPS) is 10.7. The Bertz CT molecular complexity index is 388. The molecule has 17 heavy (non-hydrogen) atoms. The van der Waals surface area contributed by atoms with Crippen molar-refractivity contribution in [2.75, 3.05) is 11.9 Å². The number of hydrogen-bond acceptors (Lipinski definition) is 2. The minimum absolute atomic E-state index is 0.00810. The first kappa shape index (κ1) is 13.7. The predicted molar refractivity (Wildman–Crippen MR) is 72.4 cm³/mol. The largest absolute Gasteiger partial charge is 0.324 e. The first-order valence-electron chi connectivity index (χ1n) is 6.01. The van der Waals surface area contributed by atoms with Gasteiger partial charge in [0.15, 0.2) is 0 Å². The SMILES string of the molecule is Cc1cc(C)c(NC(=O)CNC(C)C)c(C)c1. The van der Waals surface area contributed by atoms with Gasteiger partial charge in [-0.2, -0.15) is 0 Å². The quantitative estimate of drug-likeness (QED) is 0.840. The van der Waals surface area contributed by atoms with Crippen molar-refractivity contribution in [3.8, 4) is 0 Å². The van der Waals surface area contributed by atoms with E-state index >= 15 is 0 Å². The van der Waals surface area contributed by atoms with Crippen LogP contribution in [0.2, 0.25) is 0 Å². The second-order valence-corrected chi connectivity index (χ2v) is 4.86. The van der Waals surface area contributed by atoms with Crippen molar-refractivity contribution >= 4 is 11.6 Å². The zero-order valence-electron chi connectivity index (χ0n) is 11.3. The van der Waals surface area contributed by atoms with E-state index in [1.54, 1.807) is 0 Å². The summed E-state index contributed by atoms with van der Waals surface area (Å²) in [5.74, 6) is 0.00810. The lowest BCUT2D eigenvalue weighted by Crippen LogP contribution is -2.32. The fourth-order valence-electron chi connectivity index (χ4n) is 1.86. The number of carbonyl (C=O) groups excluding carboxylic acids is 1. The van der Waals surface area contributed by atoms with Gasteiger partial charge in [-0.25, -0.2) is 0 Å². The van der Waals surface area contributed by atoms with Crippen LogP contribution in [0.3, 0.4) is 0 Å². The van der Waals surface area contributed by atoms with Crippen LogP contribution in [-0.4, -0.2) is 18.5 Å². The highest BCUT2D eigenvalue weighted by Crippen LogP contribution is 2.21. The molecule has 0 atom stereocenters. The lowest BCUT2D eigenvalue weighted by molar-refractivity contribution is -0.115. The highest BCUT2D eigenvalue weighted by Gasteiger charge is 2.08. The van der Waals surface area contributed by atoms with Crippen LogP contribution in [-0.2, 0) is 4.79 Å². The van der Waals surface area contributed by atoms with E-state index in [2.05, 4.69) is 29.7 Å². The fraction of sp³-hybridized carbons (Fsp3) is 0.500. The van der Waals surface area contributed by atoms with Gasteiger partial charge in [-0.05, 0) is 31.9 Å². The fourth-order valence-corrected chi connectivity index (χ4v) is 1.86. The summed E-state index contributed by atoms with van der Waals surface area (Å²) in [4.78, 5) is 11.7. The molecule has 0 heterocycles. The average Bonchev–Trinajstić information content (AvgIpc) is 2.20. The summed E-state index contributed by atoms with van der Waals surface area (Å²) < 4.78 is 0. The Balaban J connectivity index is 2.72. The monoisotopic (exact) mass is 234 g/mol. The van der Waals surface area contributed by atoms with E-state index in [1.807, 2.05) is 27.7 Å². The molecule has 0 aromatic heterocycles. The lowest BCUT2D eigenvalue weighted by Gasteiger charge is -2.14. The Kier molecular flexibility index (Phi) is 4.70. The van der Waals surface area contributed by atoms with Gasteiger partial charge in [0, 0.05) is 11.7 Å². The highest BCUT2D eigenvalue weighted by atomic mass is 16.1. The minimum Gasteiger partial charge on any atom is -0.324 e. The van der Waals surface area contributed by atoms with Gasteiger partial charge in [0.05, 0.1) is 6.54 Å². The first-order chi connectivity index (χ1) is 7.90. The van der Waals surface area contributed by atoms with Crippen LogP contribution in [0.15, 0.2) is 12.1 Å². The van der Waals surface area contributed by atoms with Gasteiger partial charge < -0.3 is 10.6 Å². The van der Waals surface area contributed by atoms with E-state index in [0.29, 0.717) is 12.6 Å². The summed E-state index contributed by atoms with van der Waals surface area (Å²) in [5, 5.41) is 6.06. The molecule has 1 amide bonds. The van der Waals surface area contributed by atoms with Crippen LogP contribution in [0.1, 0.15) is 30.5 Å². The maximum atomic E-state index is 11.7. The zero-order chi connectivity index (χ0) is 13.0. The van der Waals surface area contributed by atoms with Gasteiger partial charge >= 0.3 is 0 Å². The minimum atomic E-state index is 0.00810. The highest BCUT2D eigenvalue weighted by molar-refractivity contribution is 5.93. The number of nitrogens with one attached hydrogen (secondary N) is 2. The Morgan fingerprint density at radius 1 is 1.18 bits per heavy atom. The molecule has 0 saturated carbocycles. The topological polar surface area (TPSA) is 41.1 Å². The summed E-state index contributed by atoms with van der Waals surface area (Å²) in [6, 6.07) is 4.48. The molecule has 1 rings (SSSR count). The number of aryl methyl sites for hydroxylation is 3. The summed E-state index contributed by atoms with van der Waals surface area (Å²) in [7, 11) is 0. The van der Waals surface area contributed by atoms with E-state index in [4.69, 9.17) is 0 Å². The Labute approximate surface area is 104 Å². The molecule has 2 N–H and O–H groups in total. The van der Waals surface area contributed by atoms with Crippen molar-refractivity contribution in [1.82, 2.24) is 5.32 Å². The molecule has 3 nitrogen and oxygen atoms in total. The van der Waals surface area contributed by atoms with Crippen molar-refractivity contribution in [2.45, 2.75) is 40.7 Å². The molecule has 1 aromatic rings. The molecule has 0 unspecified atom stereocenters. The third-order valence-corrected chi connectivity index (χ3v) is 2.61. The molecule has 0 fully saturated rings. The molecule has 0 aliphatic heterocycles.